The van der Waals surface area contributed by atoms with Crippen molar-refractivity contribution in [1.29, 1.82) is 0 Å². The molecule has 0 bridgehead atoms. The number of benzene rings is 1. The van der Waals surface area contributed by atoms with Crippen LogP contribution in [0.2, 0.25) is 0 Å². The number of pyridine rings is 1. The fourth-order valence-corrected chi connectivity index (χ4v) is 2.84. The minimum Gasteiger partial charge on any atom is -0.374 e. The molecule has 19 heavy (non-hydrogen) atoms. The first-order chi connectivity index (χ1) is 9.19. The van der Waals surface area contributed by atoms with Crippen molar-refractivity contribution in [3.05, 3.63) is 36.0 Å². The fourth-order valence-electron chi connectivity index (χ4n) is 2.70. The first kappa shape index (κ1) is 12.7. The number of nitrogens with zero attached hydrogens (tertiary/aromatic N) is 2. The van der Waals surface area contributed by atoms with Gasteiger partial charge in [-0.15, -0.1) is 11.6 Å². The molecular formula is C16H19ClN2. The molecule has 0 aliphatic heterocycles. The Hall–Kier alpha value is -1.28. The van der Waals surface area contributed by atoms with E-state index in [0.29, 0.717) is 5.88 Å². The van der Waals surface area contributed by atoms with E-state index in [1.165, 1.54) is 17.5 Å². The second-order valence-corrected chi connectivity index (χ2v) is 5.90. The summed E-state index contributed by atoms with van der Waals surface area (Å²) in [7, 11) is 2.17. The molecule has 0 saturated heterocycles. The van der Waals surface area contributed by atoms with Crippen LogP contribution in [-0.2, 0) is 5.88 Å². The first-order valence-electron chi connectivity index (χ1n) is 6.85. The second-order valence-electron chi connectivity index (χ2n) is 5.64. The van der Waals surface area contributed by atoms with E-state index in [0.717, 1.165) is 29.6 Å². The smallest absolute Gasteiger partial charge is 0.0726 e. The topological polar surface area (TPSA) is 16.1 Å². The molecule has 0 radical (unpaired) electrons. The number of anilines is 1. The van der Waals surface area contributed by atoms with Crippen LogP contribution in [0.3, 0.4) is 0 Å². The van der Waals surface area contributed by atoms with Gasteiger partial charge in [0.1, 0.15) is 0 Å². The van der Waals surface area contributed by atoms with Crippen LogP contribution in [0, 0.1) is 11.8 Å². The summed E-state index contributed by atoms with van der Waals surface area (Å²) in [4.78, 5) is 6.94. The second kappa shape index (κ2) is 5.01. The Balaban J connectivity index is 2.00. The van der Waals surface area contributed by atoms with Crippen molar-refractivity contribution < 1.29 is 0 Å². The van der Waals surface area contributed by atoms with Crippen molar-refractivity contribution in [2.24, 2.45) is 11.8 Å². The molecule has 0 N–H and O–H groups in total. The van der Waals surface area contributed by atoms with Gasteiger partial charge in [-0.25, -0.2) is 0 Å². The predicted molar refractivity (Wildman–Crippen MR) is 81.8 cm³/mol. The predicted octanol–water partition coefficient (Wildman–Crippen LogP) is 4.07. The van der Waals surface area contributed by atoms with E-state index in [2.05, 4.69) is 48.1 Å². The molecular weight excluding hydrogens is 256 g/mol. The van der Waals surface area contributed by atoms with Crippen molar-refractivity contribution in [2.75, 3.05) is 18.5 Å². The van der Waals surface area contributed by atoms with Gasteiger partial charge < -0.3 is 4.90 Å². The van der Waals surface area contributed by atoms with Gasteiger partial charge in [-0.1, -0.05) is 25.1 Å². The van der Waals surface area contributed by atoms with Crippen LogP contribution >= 0.6 is 11.6 Å². The molecule has 1 saturated carbocycles. The lowest BCUT2D eigenvalue weighted by atomic mass is 10.1. The first-order valence-corrected chi connectivity index (χ1v) is 7.38. The molecule has 1 fully saturated rings. The van der Waals surface area contributed by atoms with Gasteiger partial charge in [0.15, 0.2) is 0 Å². The molecule has 1 aromatic carbocycles. The molecule has 0 spiro atoms. The molecule has 2 aromatic rings. The zero-order valence-corrected chi connectivity index (χ0v) is 12.2. The Morgan fingerprint density at radius 2 is 2.11 bits per heavy atom. The van der Waals surface area contributed by atoms with Gasteiger partial charge in [0.05, 0.1) is 17.1 Å². The highest BCUT2D eigenvalue weighted by Crippen LogP contribution is 2.39. The molecule has 0 amide bonds. The summed E-state index contributed by atoms with van der Waals surface area (Å²) in [6.07, 6.45) is 1.36. The van der Waals surface area contributed by atoms with E-state index >= 15 is 0 Å². The Kier molecular flexibility index (Phi) is 3.36. The van der Waals surface area contributed by atoms with Crippen molar-refractivity contribution >= 4 is 28.2 Å². The van der Waals surface area contributed by atoms with Crippen LogP contribution in [0.4, 0.5) is 5.69 Å². The van der Waals surface area contributed by atoms with Crippen LogP contribution in [0.25, 0.3) is 10.9 Å². The van der Waals surface area contributed by atoms with Crippen molar-refractivity contribution in [2.45, 2.75) is 19.2 Å². The number of para-hydroxylation sites is 1. The summed E-state index contributed by atoms with van der Waals surface area (Å²) in [5.41, 5.74) is 3.23. The van der Waals surface area contributed by atoms with Gasteiger partial charge in [0, 0.05) is 24.7 Å². The number of aromatic nitrogens is 1. The quantitative estimate of drug-likeness (QED) is 0.782. The summed E-state index contributed by atoms with van der Waals surface area (Å²) >= 11 is 5.96. The average Bonchev–Trinajstić information content (AvgIpc) is 3.12. The Bertz CT molecular complexity index is 596. The number of hydrogen-bond donors (Lipinski definition) is 0. The van der Waals surface area contributed by atoms with E-state index in [-0.39, 0.29) is 0 Å². The number of hydrogen-bond acceptors (Lipinski definition) is 2. The van der Waals surface area contributed by atoms with Crippen LogP contribution in [0.1, 0.15) is 19.0 Å². The molecule has 3 rings (SSSR count). The lowest BCUT2D eigenvalue weighted by Gasteiger charge is -2.22. The minimum atomic E-state index is 0.464. The highest BCUT2D eigenvalue weighted by molar-refractivity contribution is 6.17. The standard InChI is InChI=1S/C16H19ClN2/c1-11-7-12(11)10-19(2)16-8-13(9-17)18-15-6-4-3-5-14(15)16/h3-6,8,11-12H,7,9-10H2,1-2H3. The monoisotopic (exact) mass is 274 g/mol. The van der Waals surface area contributed by atoms with E-state index in [9.17, 15) is 0 Å². The Morgan fingerprint density at radius 3 is 2.79 bits per heavy atom. The SMILES string of the molecule is CC1CC1CN(C)c1cc(CCl)nc2ccccc12. The van der Waals surface area contributed by atoms with Gasteiger partial charge >= 0.3 is 0 Å². The van der Waals surface area contributed by atoms with Crippen LogP contribution < -0.4 is 4.90 Å². The fraction of sp³-hybridized carbons (Fsp3) is 0.438. The molecule has 1 aliphatic carbocycles. The summed E-state index contributed by atoms with van der Waals surface area (Å²) in [5.74, 6) is 2.19. The maximum absolute atomic E-state index is 5.96. The van der Waals surface area contributed by atoms with Crippen LogP contribution in [-0.4, -0.2) is 18.6 Å². The zero-order valence-electron chi connectivity index (χ0n) is 11.4. The van der Waals surface area contributed by atoms with Crippen LogP contribution in [0.15, 0.2) is 30.3 Å². The third-order valence-electron chi connectivity index (χ3n) is 4.08. The normalized spacial score (nSPS) is 21.6. The van der Waals surface area contributed by atoms with E-state index < -0.39 is 0 Å². The minimum absolute atomic E-state index is 0.464. The molecule has 2 atom stereocenters. The zero-order chi connectivity index (χ0) is 13.4. The number of alkyl halides is 1. The van der Waals surface area contributed by atoms with Crippen molar-refractivity contribution in [1.82, 2.24) is 4.98 Å². The van der Waals surface area contributed by atoms with E-state index in [1.54, 1.807) is 0 Å². The summed E-state index contributed by atoms with van der Waals surface area (Å²) < 4.78 is 0. The average molecular weight is 275 g/mol. The Morgan fingerprint density at radius 1 is 1.37 bits per heavy atom. The van der Waals surface area contributed by atoms with Gasteiger partial charge in [-0.3, -0.25) is 4.98 Å². The van der Waals surface area contributed by atoms with Crippen molar-refractivity contribution in [3.63, 3.8) is 0 Å². The lowest BCUT2D eigenvalue weighted by Crippen LogP contribution is -2.21. The van der Waals surface area contributed by atoms with Gasteiger partial charge in [0.25, 0.3) is 0 Å². The van der Waals surface area contributed by atoms with Gasteiger partial charge in [-0.2, -0.15) is 0 Å². The summed E-state index contributed by atoms with van der Waals surface area (Å²) in [6.45, 7) is 3.45. The largest absolute Gasteiger partial charge is 0.374 e. The van der Waals surface area contributed by atoms with Gasteiger partial charge in [0.2, 0.25) is 0 Å². The van der Waals surface area contributed by atoms with Gasteiger partial charge in [-0.05, 0) is 30.4 Å². The third-order valence-corrected chi connectivity index (χ3v) is 4.35. The third kappa shape index (κ3) is 2.55. The van der Waals surface area contributed by atoms with E-state index in [4.69, 9.17) is 11.6 Å². The molecule has 3 heteroatoms. The number of rotatable bonds is 4. The maximum atomic E-state index is 5.96. The molecule has 100 valence electrons. The highest BCUT2D eigenvalue weighted by atomic mass is 35.5. The number of halogens is 1. The molecule has 1 heterocycles. The molecule has 2 unspecified atom stereocenters. The Labute approximate surface area is 119 Å². The molecule has 1 aromatic heterocycles. The highest BCUT2D eigenvalue weighted by Gasteiger charge is 2.33. The van der Waals surface area contributed by atoms with Crippen molar-refractivity contribution in [3.8, 4) is 0 Å². The number of fused-ring (bicyclic) bond motifs is 1. The molecule has 1 aliphatic rings. The van der Waals surface area contributed by atoms with E-state index in [1.807, 2.05) is 6.07 Å². The summed E-state index contributed by atoms with van der Waals surface area (Å²) in [5, 5.41) is 1.21. The molecule has 2 nitrogen and oxygen atoms in total. The van der Waals surface area contributed by atoms with Crippen LogP contribution in [0.5, 0.6) is 0 Å². The lowest BCUT2D eigenvalue weighted by molar-refractivity contribution is 0.726. The summed E-state index contributed by atoms with van der Waals surface area (Å²) in [6, 6.07) is 10.4. The maximum Gasteiger partial charge on any atom is 0.0726 e.